The lowest BCUT2D eigenvalue weighted by atomic mass is 9.85. The number of amides is 1. The van der Waals surface area contributed by atoms with Gasteiger partial charge < -0.3 is 15.2 Å². The highest BCUT2D eigenvalue weighted by Gasteiger charge is 2.35. The molecule has 0 saturated heterocycles. The average molecular weight is 324 g/mol. The van der Waals surface area contributed by atoms with E-state index < -0.39 is 17.7 Å². The van der Waals surface area contributed by atoms with Gasteiger partial charge in [-0.3, -0.25) is 14.5 Å². The van der Waals surface area contributed by atoms with E-state index in [1.807, 2.05) is 11.8 Å². The van der Waals surface area contributed by atoms with Crippen LogP contribution in [0.25, 0.3) is 0 Å². The van der Waals surface area contributed by atoms with Gasteiger partial charge in [0.15, 0.2) is 11.6 Å². The molecule has 1 fully saturated rings. The standard InChI is InChI=1S/C16H21FN2O4/c1-3-19(9-14(20)21)11-7-10(8-11)18-16(22)12-5-4-6-13(23-2)15(12)17/h4-6,10-11H,3,7-9H2,1-2H3,(H,18,22)(H,20,21). The van der Waals surface area contributed by atoms with Gasteiger partial charge in [-0.2, -0.15) is 0 Å². The number of hydrogen-bond acceptors (Lipinski definition) is 4. The quantitative estimate of drug-likeness (QED) is 0.795. The minimum Gasteiger partial charge on any atom is -0.494 e. The van der Waals surface area contributed by atoms with Gasteiger partial charge in [0, 0.05) is 12.1 Å². The van der Waals surface area contributed by atoms with Crippen LogP contribution in [0.3, 0.4) is 0 Å². The molecule has 0 atom stereocenters. The lowest BCUT2D eigenvalue weighted by Crippen LogP contribution is -2.54. The van der Waals surface area contributed by atoms with Gasteiger partial charge in [0.05, 0.1) is 19.2 Å². The summed E-state index contributed by atoms with van der Waals surface area (Å²) < 4.78 is 18.9. The number of likely N-dealkylation sites (N-methyl/N-ethyl adjacent to an activating group) is 1. The predicted molar refractivity (Wildman–Crippen MR) is 82.1 cm³/mol. The second-order valence-electron chi connectivity index (χ2n) is 5.57. The number of methoxy groups -OCH3 is 1. The zero-order valence-corrected chi connectivity index (χ0v) is 13.2. The van der Waals surface area contributed by atoms with Crippen LogP contribution in [0.2, 0.25) is 0 Å². The molecule has 1 amide bonds. The summed E-state index contributed by atoms with van der Waals surface area (Å²) in [5.74, 6) is -1.99. The second kappa shape index (κ2) is 7.41. The number of rotatable bonds is 7. The third-order valence-electron chi connectivity index (χ3n) is 4.14. The molecule has 126 valence electrons. The van der Waals surface area contributed by atoms with E-state index in [9.17, 15) is 14.0 Å². The number of carbonyl (C=O) groups is 2. The molecule has 0 aliphatic heterocycles. The van der Waals surface area contributed by atoms with E-state index in [1.54, 1.807) is 6.07 Å². The van der Waals surface area contributed by atoms with E-state index in [0.29, 0.717) is 19.4 Å². The molecule has 0 bridgehead atoms. The highest BCUT2D eigenvalue weighted by molar-refractivity contribution is 5.95. The first kappa shape index (κ1) is 17.2. The molecule has 1 aliphatic carbocycles. The van der Waals surface area contributed by atoms with E-state index >= 15 is 0 Å². The Bertz CT molecular complexity index is 587. The zero-order chi connectivity index (χ0) is 17.0. The van der Waals surface area contributed by atoms with Crippen LogP contribution in [-0.4, -0.2) is 54.2 Å². The van der Waals surface area contributed by atoms with Gasteiger partial charge in [0.1, 0.15) is 0 Å². The van der Waals surface area contributed by atoms with Crippen molar-refractivity contribution in [1.82, 2.24) is 10.2 Å². The number of nitrogens with one attached hydrogen (secondary N) is 1. The number of aliphatic carboxylic acids is 1. The highest BCUT2D eigenvalue weighted by Crippen LogP contribution is 2.26. The van der Waals surface area contributed by atoms with Gasteiger partial charge in [0.25, 0.3) is 5.91 Å². The molecule has 0 heterocycles. The number of carboxylic acid groups (broad SMARTS) is 1. The summed E-state index contributed by atoms with van der Waals surface area (Å²) in [5.41, 5.74) is -0.0503. The normalized spacial score (nSPS) is 20.0. The Balaban J connectivity index is 1.90. The summed E-state index contributed by atoms with van der Waals surface area (Å²) in [5, 5.41) is 11.6. The van der Waals surface area contributed by atoms with Crippen molar-refractivity contribution in [2.24, 2.45) is 0 Å². The Hall–Kier alpha value is -2.15. The Kier molecular flexibility index (Phi) is 5.54. The van der Waals surface area contributed by atoms with E-state index in [4.69, 9.17) is 9.84 Å². The Morgan fingerprint density at radius 3 is 2.70 bits per heavy atom. The van der Waals surface area contributed by atoms with E-state index in [2.05, 4.69) is 5.32 Å². The van der Waals surface area contributed by atoms with Crippen molar-refractivity contribution in [3.8, 4) is 5.75 Å². The smallest absolute Gasteiger partial charge is 0.317 e. The Labute approximate surface area is 134 Å². The number of halogens is 1. The second-order valence-corrected chi connectivity index (χ2v) is 5.57. The van der Waals surface area contributed by atoms with Crippen molar-refractivity contribution < 1.29 is 23.8 Å². The summed E-state index contributed by atoms with van der Waals surface area (Å²) in [6.45, 7) is 2.54. The molecule has 6 nitrogen and oxygen atoms in total. The van der Waals surface area contributed by atoms with Gasteiger partial charge in [-0.15, -0.1) is 0 Å². The molecule has 1 aliphatic rings. The number of ether oxygens (including phenoxy) is 1. The van der Waals surface area contributed by atoms with Gasteiger partial charge in [0.2, 0.25) is 0 Å². The molecule has 7 heteroatoms. The molecule has 2 N–H and O–H groups in total. The fourth-order valence-corrected chi connectivity index (χ4v) is 2.78. The van der Waals surface area contributed by atoms with Crippen LogP contribution in [0.5, 0.6) is 5.75 Å². The van der Waals surface area contributed by atoms with Crippen molar-refractivity contribution in [2.75, 3.05) is 20.2 Å². The van der Waals surface area contributed by atoms with E-state index in [0.717, 1.165) is 0 Å². The number of hydrogen-bond donors (Lipinski definition) is 2. The minimum atomic E-state index is -0.863. The molecule has 2 rings (SSSR count). The third-order valence-corrected chi connectivity index (χ3v) is 4.14. The van der Waals surface area contributed by atoms with Crippen LogP contribution in [0.4, 0.5) is 4.39 Å². The summed E-state index contributed by atoms with van der Waals surface area (Å²) in [6.07, 6.45) is 1.33. The van der Waals surface area contributed by atoms with E-state index in [-0.39, 0.29) is 29.9 Å². The lowest BCUT2D eigenvalue weighted by molar-refractivity contribution is -0.139. The summed E-state index contributed by atoms with van der Waals surface area (Å²) in [7, 11) is 1.35. The van der Waals surface area contributed by atoms with Crippen molar-refractivity contribution in [1.29, 1.82) is 0 Å². The monoisotopic (exact) mass is 324 g/mol. The Morgan fingerprint density at radius 2 is 2.13 bits per heavy atom. The van der Waals surface area contributed by atoms with Crippen LogP contribution in [0.15, 0.2) is 18.2 Å². The van der Waals surface area contributed by atoms with Gasteiger partial charge >= 0.3 is 5.97 Å². The first-order valence-corrected chi connectivity index (χ1v) is 7.55. The van der Waals surface area contributed by atoms with Gasteiger partial charge in [-0.05, 0) is 31.5 Å². The topological polar surface area (TPSA) is 78.9 Å². The van der Waals surface area contributed by atoms with E-state index in [1.165, 1.54) is 19.2 Å². The zero-order valence-electron chi connectivity index (χ0n) is 13.2. The molecular formula is C16H21FN2O4. The molecule has 0 aromatic heterocycles. The fourth-order valence-electron chi connectivity index (χ4n) is 2.78. The SMILES string of the molecule is CCN(CC(=O)O)C1CC(NC(=O)c2cccc(OC)c2F)C1. The predicted octanol–water partition coefficient (Wildman–Crippen LogP) is 1.50. The molecule has 1 aromatic rings. The number of carbonyl (C=O) groups excluding carboxylic acids is 1. The van der Waals surface area contributed by atoms with Crippen LogP contribution < -0.4 is 10.1 Å². The molecule has 0 unspecified atom stereocenters. The average Bonchev–Trinajstić information content (AvgIpc) is 2.48. The van der Waals surface area contributed by atoms with Crippen molar-refractivity contribution in [3.05, 3.63) is 29.6 Å². The maximum Gasteiger partial charge on any atom is 0.317 e. The van der Waals surface area contributed by atoms with Crippen LogP contribution in [0, 0.1) is 5.82 Å². The number of nitrogens with zero attached hydrogens (tertiary/aromatic N) is 1. The molecule has 0 spiro atoms. The van der Waals surface area contributed by atoms with Gasteiger partial charge in [-0.25, -0.2) is 4.39 Å². The first-order chi connectivity index (χ1) is 11.0. The molecule has 0 radical (unpaired) electrons. The number of carboxylic acids is 1. The first-order valence-electron chi connectivity index (χ1n) is 7.55. The summed E-state index contributed by atoms with van der Waals surface area (Å²) >= 11 is 0. The molecule has 23 heavy (non-hydrogen) atoms. The third kappa shape index (κ3) is 3.98. The van der Waals surface area contributed by atoms with Crippen molar-refractivity contribution in [3.63, 3.8) is 0 Å². The van der Waals surface area contributed by atoms with Crippen LogP contribution in [-0.2, 0) is 4.79 Å². The minimum absolute atomic E-state index is 0.00759. The fraction of sp³-hybridized carbons (Fsp3) is 0.500. The highest BCUT2D eigenvalue weighted by atomic mass is 19.1. The van der Waals surface area contributed by atoms with Crippen LogP contribution >= 0.6 is 0 Å². The molecule has 1 saturated carbocycles. The number of benzene rings is 1. The van der Waals surface area contributed by atoms with Gasteiger partial charge in [-0.1, -0.05) is 13.0 Å². The summed E-state index contributed by atoms with van der Waals surface area (Å²) in [6, 6.07) is 4.49. The molecular weight excluding hydrogens is 303 g/mol. The van der Waals surface area contributed by atoms with Crippen molar-refractivity contribution in [2.45, 2.75) is 31.8 Å². The van der Waals surface area contributed by atoms with Crippen molar-refractivity contribution >= 4 is 11.9 Å². The maximum absolute atomic E-state index is 14.0. The lowest BCUT2D eigenvalue weighted by Gasteiger charge is -2.42. The molecule has 1 aromatic carbocycles. The maximum atomic E-state index is 14.0. The largest absolute Gasteiger partial charge is 0.494 e. The summed E-state index contributed by atoms with van der Waals surface area (Å²) in [4.78, 5) is 24.8. The van der Waals surface area contributed by atoms with Crippen LogP contribution in [0.1, 0.15) is 30.1 Å². The Morgan fingerprint density at radius 1 is 1.43 bits per heavy atom.